The molecule has 0 unspecified atom stereocenters. The zero-order valence-corrected chi connectivity index (χ0v) is 46.5. The van der Waals surface area contributed by atoms with Gasteiger partial charge in [0.25, 0.3) is 0 Å². The number of carbonyl (C=O) groups is 1. The van der Waals surface area contributed by atoms with Crippen LogP contribution in [0.5, 0.6) is 0 Å². The Balaban J connectivity index is 0.837. The minimum Gasteiger partial charge on any atom is -0.394 e. The predicted molar refractivity (Wildman–Crippen MR) is 268 cm³/mol. The van der Waals surface area contributed by atoms with Crippen molar-refractivity contribution in [1.29, 1.82) is 0 Å². The highest BCUT2D eigenvalue weighted by molar-refractivity contribution is 5.87. The zero-order valence-electron chi connectivity index (χ0n) is 46.5. The number of fused-ring (bicyclic) bond motifs is 7. The van der Waals surface area contributed by atoms with Crippen LogP contribution in [0.4, 0.5) is 0 Å². The molecule has 11 aliphatic rings. The van der Waals surface area contributed by atoms with Crippen molar-refractivity contribution in [3.63, 3.8) is 0 Å². The van der Waals surface area contributed by atoms with Crippen molar-refractivity contribution in [3.05, 3.63) is 0 Å². The molecule has 26 nitrogen and oxygen atoms in total. The van der Waals surface area contributed by atoms with Gasteiger partial charge in [-0.1, -0.05) is 27.7 Å². The number of aliphatic hydroxyl groups is 13. The third-order valence-electron chi connectivity index (χ3n) is 21.6. The van der Waals surface area contributed by atoms with E-state index in [4.69, 9.17) is 56.8 Å². The summed E-state index contributed by atoms with van der Waals surface area (Å²) >= 11 is 0. The summed E-state index contributed by atoms with van der Waals surface area (Å²) in [6, 6.07) is 0. The molecule has 464 valence electrons. The minimum atomic E-state index is -1.95. The summed E-state index contributed by atoms with van der Waals surface area (Å²) in [5, 5.41) is 142. The maximum atomic E-state index is 14.9. The lowest BCUT2D eigenvalue weighted by Gasteiger charge is -2.61. The van der Waals surface area contributed by atoms with Crippen LogP contribution in [-0.2, 0) is 61.6 Å². The molecule has 4 aliphatic carbocycles. The maximum Gasteiger partial charge on any atom is 0.187 e. The standard InChI is InChI=1S/C55H88O26/c1-20-8-11-55(72-17-20)21(2)34-30(81-55)13-27-25-7-6-23-12-24(9-10-53(23,4)26(25)14-33(60)54(27,34)5)74-51-46(79-50-42(68)39(65)35(61)22(3)73-50)43(69)44(32(16-57)76-51)77-52-47(80-49-41(67)37(63)29(59)19-71-49)45(38(64)31(15-56)75-52)78-48-40(66)36(62)28(58)18-70-48/h20-32,34-52,56-59,61-69H,6-19H2,1-5H3/t20-,21-,22-,23-,24-,25+,26-,27-,28+,29-,30-,31+,32+,34-,35-,36-,37-,38+,39+,40+,41+,42+,43-,44-,45-,46+,47+,48-,49-,50-,51+,52-,53-,54+,55+/m0/s1. The Kier molecular flexibility index (Phi) is 17.9. The van der Waals surface area contributed by atoms with E-state index >= 15 is 0 Å². The lowest BCUT2D eigenvalue weighted by Crippen LogP contribution is -2.68. The Morgan fingerprint density at radius 1 is 0.543 bits per heavy atom. The van der Waals surface area contributed by atoms with E-state index in [9.17, 15) is 71.2 Å². The fourth-order valence-electron chi connectivity index (χ4n) is 16.7. The predicted octanol–water partition coefficient (Wildman–Crippen LogP) is -3.60. The van der Waals surface area contributed by atoms with Crippen LogP contribution < -0.4 is 0 Å². The van der Waals surface area contributed by atoms with E-state index in [1.165, 1.54) is 6.92 Å². The Morgan fingerprint density at radius 2 is 1.15 bits per heavy atom. The monoisotopic (exact) mass is 1160 g/mol. The fraction of sp³-hybridized carbons (Fsp3) is 0.982. The molecule has 81 heavy (non-hydrogen) atoms. The summed E-state index contributed by atoms with van der Waals surface area (Å²) in [5.74, 6) is 0.997. The van der Waals surface area contributed by atoms with Gasteiger partial charge in [-0.15, -0.1) is 0 Å². The van der Waals surface area contributed by atoms with E-state index in [1.807, 2.05) is 0 Å². The van der Waals surface area contributed by atoms with Crippen molar-refractivity contribution in [1.82, 2.24) is 0 Å². The van der Waals surface area contributed by atoms with Crippen LogP contribution in [-0.4, -0.2) is 265 Å². The Morgan fingerprint density at radius 3 is 1.79 bits per heavy atom. The Bertz CT molecular complexity index is 2160. The molecule has 7 heterocycles. The molecule has 0 bridgehead atoms. The lowest BCUT2D eigenvalue weighted by atomic mass is 9.44. The van der Waals surface area contributed by atoms with E-state index < -0.39 is 185 Å². The molecule has 11 fully saturated rings. The van der Waals surface area contributed by atoms with Crippen molar-refractivity contribution in [2.75, 3.05) is 33.0 Å². The summed E-state index contributed by atoms with van der Waals surface area (Å²) in [6.45, 7) is 8.12. The number of hydrogen-bond acceptors (Lipinski definition) is 26. The largest absolute Gasteiger partial charge is 0.394 e. The SMILES string of the molecule is C[C@H]1CC[C@@]2(OC1)O[C@H]1C[C@H]3[C@@H]4CC[C@H]5C[C@@H](O[C@@H]6O[C@H](CO)[C@H](O[C@@H]7O[C@H](CO)[C@@H](O)[C@H](O[C@@H]8OC[C@@H](O)[C@H](O)[C@H]8O)[C@H]7O[C@@H]7OC[C@H](O)[C@H](O)[C@H]7O)[C@H](O)[C@H]6O[C@@H]6O[C@@H](C)[C@H](O)[C@@H](O)[C@H]6O)CC[C@]5(C)[C@H]4CC(=O)[C@]3(C)[C@H]1[C@@H]2C. The van der Waals surface area contributed by atoms with E-state index in [0.29, 0.717) is 49.9 Å². The highest BCUT2D eigenvalue weighted by Gasteiger charge is 2.72. The van der Waals surface area contributed by atoms with Crippen molar-refractivity contribution < 1.29 is 128 Å². The fourth-order valence-corrected chi connectivity index (χ4v) is 16.7. The van der Waals surface area contributed by atoms with Gasteiger partial charge >= 0.3 is 0 Å². The quantitative estimate of drug-likeness (QED) is 0.0840. The minimum absolute atomic E-state index is 0.0489. The lowest BCUT2D eigenvalue weighted by molar-refractivity contribution is -0.408. The van der Waals surface area contributed by atoms with E-state index in [2.05, 4.69) is 27.7 Å². The topological polar surface area (TPSA) is 391 Å². The van der Waals surface area contributed by atoms with E-state index in [0.717, 1.165) is 32.1 Å². The average molecular weight is 1170 g/mol. The zero-order chi connectivity index (χ0) is 57.9. The van der Waals surface area contributed by atoms with E-state index in [-0.39, 0.29) is 41.1 Å². The molecule has 0 aromatic rings. The first kappa shape index (κ1) is 61.3. The first-order chi connectivity index (χ1) is 38.4. The first-order valence-electron chi connectivity index (χ1n) is 29.5. The number of aliphatic hydroxyl groups excluding tert-OH is 13. The normalized spacial score (nSPS) is 57.6. The summed E-state index contributed by atoms with van der Waals surface area (Å²) in [6.07, 6.45) is -33.6. The van der Waals surface area contributed by atoms with Gasteiger partial charge in [0.2, 0.25) is 0 Å². The van der Waals surface area contributed by atoms with Gasteiger partial charge in [0.1, 0.15) is 110 Å². The summed E-state index contributed by atoms with van der Waals surface area (Å²) in [7, 11) is 0. The molecule has 0 amide bonds. The molecular weight excluding hydrogens is 1080 g/mol. The molecule has 13 N–H and O–H groups in total. The van der Waals surface area contributed by atoms with Gasteiger partial charge in [-0.25, -0.2) is 0 Å². The molecule has 4 saturated carbocycles. The van der Waals surface area contributed by atoms with Gasteiger partial charge < -0.3 is 123 Å². The van der Waals surface area contributed by atoms with Gasteiger partial charge in [0.05, 0.1) is 51.3 Å². The molecule has 7 aliphatic heterocycles. The van der Waals surface area contributed by atoms with Crippen LogP contribution in [0.3, 0.4) is 0 Å². The second-order valence-electron chi connectivity index (χ2n) is 26.1. The number of ether oxygens (including phenoxy) is 12. The number of ketones is 1. The van der Waals surface area contributed by atoms with Crippen LogP contribution in [0.2, 0.25) is 0 Å². The second-order valence-corrected chi connectivity index (χ2v) is 26.1. The molecule has 0 aromatic heterocycles. The van der Waals surface area contributed by atoms with Gasteiger partial charge in [0, 0.05) is 30.1 Å². The third kappa shape index (κ3) is 10.6. The van der Waals surface area contributed by atoms with Gasteiger partial charge in [-0.2, -0.15) is 0 Å². The van der Waals surface area contributed by atoms with Crippen molar-refractivity contribution >= 4 is 5.78 Å². The van der Waals surface area contributed by atoms with Gasteiger partial charge in [-0.3, -0.25) is 4.79 Å². The van der Waals surface area contributed by atoms with Crippen molar-refractivity contribution in [2.45, 2.75) is 252 Å². The molecule has 0 aromatic carbocycles. The first-order valence-corrected chi connectivity index (χ1v) is 29.5. The van der Waals surface area contributed by atoms with Crippen LogP contribution in [0.1, 0.15) is 92.4 Å². The highest BCUT2D eigenvalue weighted by atomic mass is 16.8. The molecule has 0 radical (unpaired) electrons. The molecule has 26 heteroatoms. The third-order valence-corrected chi connectivity index (χ3v) is 21.6. The van der Waals surface area contributed by atoms with Crippen LogP contribution in [0, 0.1) is 52.3 Å². The summed E-state index contributed by atoms with van der Waals surface area (Å²) < 4.78 is 74.5. The molecular formula is C55H88O26. The Labute approximate surface area is 469 Å². The second kappa shape index (κ2) is 23.6. The number of carbonyl (C=O) groups excluding carboxylic acids is 1. The molecule has 35 atom stereocenters. The van der Waals surface area contributed by atoms with Crippen molar-refractivity contribution in [3.8, 4) is 0 Å². The van der Waals surface area contributed by atoms with Gasteiger partial charge in [-0.05, 0) is 86.9 Å². The average Bonchev–Trinajstić information content (AvgIpc) is 3.61. The Hall–Kier alpha value is -1.33. The smallest absolute Gasteiger partial charge is 0.187 e. The van der Waals surface area contributed by atoms with Gasteiger partial charge in [0.15, 0.2) is 37.2 Å². The highest BCUT2D eigenvalue weighted by Crippen LogP contribution is 2.70. The van der Waals surface area contributed by atoms with Crippen molar-refractivity contribution in [2.24, 2.45) is 52.3 Å². The molecule has 1 spiro atoms. The van der Waals surface area contributed by atoms with E-state index in [1.54, 1.807) is 0 Å². The number of Topliss-reactive ketones (excluding diaryl/α,β-unsaturated/α-hetero) is 1. The van der Waals surface area contributed by atoms with Crippen LogP contribution in [0.25, 0.3) is 0 Å². The van der Waals surface area contributed by atoms with Crippen LogP contribution >= 0.6 is 0 Å². The number of hydrogen-bond donors (Lipinski definition) is 13. The maximum absolute atomic E-state index is 14.9. The summed E-state index contributed by atoms with van der Waals surface area (Å²) in [5.41, 5.74) is -0.751. The summed E-state index contributed by atoms with van der Waals surface area (Å²) in [4.78, 5) is 14.9. The molecule has 7 saturated heterocycles. The van der Waals surface area contributed by atoms with Crippen LogP contribution in [0.15, 0.2) is 0 Å². The number of rotatable bonds is 12. The molecule has 11 rings (SSSR count).